The highest BCUT2D eigenvalue weighted by Gasteiger charge is 2.09. The van der Waals surface area contributed by atoms with Crippen LogP contribution in [0.25, 0.3) is 22.5 Å². The molecule has 0 fully saturated rings. The van der Waals surface area contributed by atoms with Crippen molar-refractivity contribution in [2.45, 2.75) is 26.8 Å². The molecule has 3 heterocycles. The summed E-state index contributed by atoms with van der Waals surface area (Å²) in [7, 11) is 0. The average molecular weight is 391 g/mol. The van der Waals surface area contributed by atoms with Crippen molar-refractivity contribution in [2.75, 3.05) is 13.1 Å². The van der Waals surface area contributed by atoms with E-state index in [-0.39, 0.29) is 0 Å². The van der Waals surface area contributed by atoms with Gasteiger partial charge in [-0.05, 0) is 49.6 Å². The van der Waals surface area contributed by atoms with Crippen LogP contribution in [-0.4, -0.2) is 39.2 Å². The SMILES string of the molecule is CCNC(=NCc1nc(-c2ccco2)n[nH]1)NCCc1c[nH]c2cccc(C)c12. The molecule has 0 saturated heterocycles. The maximum absolute atomic E-state index is 5.32. The van der Waals surface area contributed by atoms with E-state index in [1.807, 2.05) is 19.1 Å². The monoisotopic (exact) mass is 391 g/mol. The van der Waals surface area contributed by atoms with Crippen molar-refractivity contribution in [3.05, 3.63) is 59.7 Å². The minimum Gasteiger partial charge on any atom is -0.461 e. The van der Waals surface area contributed by atoms with Gasteiger partial charge in [-0.2, -0.15) is 0 Å². The fourth-order valence-corrected chi connectivity index (χ4v) is 3.34. The molecule has 8 nitrogen and oxygen atoms in total. The van der Waals surface area contributed by atoms with Crippen LogP contribution in [0.3, 0.4) is 0 Å². The molecule has 0 spiro atoms. The Morgan fingerprint density at radius 1 is 1.21 bits per heavy atom. The minimum absolute atomic E-state index is 0.398. The van der Waals surface area contributed by atoms with E-state index < -0.39 is 0 Å². The standard InChI is InChI=1S/C21H25N7O/c1-3-22-21(25-13-18-26-20(28-27-18)17-8-5-11-29-17)23-10-9-15-12-24-16-7-4-6-14(2)19(15)16/h4-8,11-12,24H,3,9-10,13H2,1-2H3,(H2,22,23,25)(H,26,27,28). The molecule has 4 N–H and O–H groups in total. The summed E-state index contributed by atoms with van der Waals surface area (Å²) in [4.78, 5) is 12.4. The molecule has 0 aliphatic carbocycles. The zero-order valence-corrected chi connectivity index (χ0v) is 16.6. The zero-order chi connectivity index (χ0) is 20.1. The van der Waals surface area contributed by atoms with E-state index in [9.17, 15) is 0 Å². The van der Waals surface area contributed by atoms with Crippen LogP contribution in [0.4, 0.5) is 0 Å². The molecule has 4 aromatic rings. The Bertz CT molecular complexity index is 1090. The number of nitrogens with one attached hydrogen (secondary N) is 4. The number of furan rings is 1. The summed E-state index contributed by atoms with van der Waals surface area (Å²) in [5.41, 5.74) is 3.77. The number of hydrogen-bond acceptors (Lipinski definition) is 4. The van der Waals surface area contributed by atoms with Gasteiger partial charge >= 0.3 is 0 Å². The van der Waals surface area contributed by atoms with Gasteiger partial charge in [0.2, 0.25) is 5.82 Å². The molecule has 0 aliphatic rings. The van der Waals surface area contributed by atoms with Crippen molar-refractivity contribution in [3.63, 3.8) is 0 Å². The molecule has 0 atom stereocenters. The minimum atomic E-state index is 0.398. The van der Waals surface area contributed by atoms with Gasteiger partial charge in [-0.15, -0.1) is 5.10 Å². The Morgan fingerprint density at radius 3 is 2.97 bits per heavy atom. The van der Waals surface area contributed by atoms with E-state index in [4.69, 9.17) is 4.42 Å². The van der Waals surface area contributed by atoms with Gasteiger partial charge in [-0.25, -0.2) is 9.98 Å². The first-order valence-electron chi connectivity index (χ1n) is 9.77. The predicted octanol–water partition coefficient (Wildman–Crippen LogP) is 3.15. The Balaban J connectivity index is 1.37. The number of aliphatic imine (C=N–C) groups is 1. The van der Waals surface area contributed by atoms with Crippen molar-refractivity contribution in [2.24, 2.45) is 4.99 Å². The van der Waals surface area contributed by atoms with E-state index in [0.29, 0.717) is 24.0 Å². The first-order chi connectivity index (χ1) is 14.2. The summed E-state index contributed by atoms with van der Waals surface area (Å²) < 4.78 is 5.32. The number of rotatable bonds is 7. The fraction of sp³-hybridized carbons (Fsp3) is 0.286. The first-order valence-corrected chi connectivity index (χ1v) is 9.77. The molecular formula is C21H25N7O. The third-order valence-corrected chi connectivity index (χ3v) is 4.69. The number of guanidine groups is 1. The second-order valence-electron chi connectivity index (χ2n) is 6.77. The molecule has 4 rings (SSSR count). The van der Waals surface area contributed by atoms with Crippen LogP contribution in [-0.2, 0) is 13.0 Å². The third-order valence-electron chi connectivity index (χ3n) is 4.69. The Hall–Kier alpha value is -3.55. The lowest BCUT2D eigenvalue weighted by Crippen LogP contribution is -2.38. The molecule has 0 radical (unpaired) electrons. The van der Waals surface area contributed by atoms with E-state index in [1.165, 1.54) is 22.0 Å². The van der Waals surface area contributed by atoms with Crippen molar-refractivity contribution >= 4 is 16.9 Å². The van der Waals surface area contributed by atoms with Crippen molar-refractivity contribution in [1.29, 1.82) is 0 Å². The molecular weight excluding hydrogens is 366 g/mol. The maximum atomic E-state index is 5.32. The topological polar surface area (TPSA) is 107 Å². The molecule has 150 valence electrons. The molecule has 29 heavy (non-hydrogen) atoms. The molecule has 0 bridgehead atoms. The Kier molecular flexibility index (Phi) is 5.60. The van der Waals surface area contributed by atoms with Crippen molar-refractivity contribution < 1.29 is 4.42 Å². The number of hydrogen-bond donors (Lipinski definition) is 4. The van der Waals surface area contributed by atoms with Gasteiger partial charge in [0.05, 0.1) is 6.26 Å². The van der Waals surface area contributed by atoms with E-state index in [0.717, 1.165) is 25.5 Å². The predicted molar refractivity (Wildman–Crippen MR) is 114 cm³/mol. The van der Waals surface area contributed by atoms with Gasteiger partial charge in [-0.3, -0.25) is 5.10 Å². The number of aromatic nitrogens is 4. The Morgan fingerprint density at radius 2 is 2.14 bits per heavy atom. The number of nitrogens with zero attached hydrogens (tertiary/aromatic N) is 3. The highest BCUT2D eigenvalue weighted by atomic mass is 16.3. The summed E-state index contributed by atoms with van der Waals surface area (Å²) in [6.07, 6.45) is 4.60. The summed E-state index contributed by atoms with van der Waals surface area (Å²) in [5.74, 6) is 2.60. The van der Waals surface area contributed by atoms with Gasteiger partial charge in [0.25, 0.3) is 0 Å². The lowest BCUT2D eigenvalue weighted by atomic mass is 10.1. The van der Waals surface area contributed by atoms with E-state index >= 15 is 0 Å². The Labute approximate surface area is 168 Å². The van der Waals surface area contributed by atoms with Gasteiger partial charge in [0.15, 0.2) is 11.7 Å². The lowest BCUT2D eigenvalue weighted by Gasteiger charge is -2.11. The second kappa shape index (κ2) is 8.64. The number of H-pyrrole nitrogens is 2. The molecule has 0 aliphatic heterocycles. The first kappa shape index (κ1) is 18.8. The molecule has 0 saturated carbocycles. The fourth-order valence-electron chi connectivity index (χ4n) is 3.34. The summed E-state index contributed by atoms with van der Waals surface area (Å²) in [5, 5.41) is 15.0. The lowest BCUT2D eigenvalue weighted by molar-refractivity contribution is 0.577. The van der Waals surface area contributed by atoms with Crippen LogP contribution in [0.5, 0.6) is 0 Å². The number of benzene rings is 1. The van der Waals surface area contributed by atoms with Gasteiger partial charge in [-0.1, -0.05) is 12.1 Å². The maximum Gasteiger partial charge on any atom is 0.216 e. The second-order valence-corrected chi connectivity index (χ2v) is 6.77. The van der Waals surface area contributed by atoms with Gasteiger partial charge in [0.1, 0.15) is 12.4 Å². The zero-order valence-electron chi connectivity index (χ0n) is 16.6. The highest BCUT2D eigenvalue weighted by molar-refractivity contribution is 5.86. The summed E-state index contributed by atoms with van der Waals surface area (Å²) in [6.45, 7) is 6.15. The van der Waals surface area contributed by atoms with Crippen LogP contribution in [0, 0.1) is 6.92 Å². The van der Waals surface area contributed by atoms with Gasteiger partial charge in [0, 0.05) is 30.2 Å². The van der Waals surface area contributed by atoms with Crippen LogP contribution < -0.4 is 10.6 Å². The quantitative estimate of drug-likeness (QED) is 0.286. The van der Waals surface area contributed by atoms with E-state index in [1.54, 1.807) is 6.26 Å². The number of aromatic amines is 2. The molecule has 0 amide bonds. The normalized spacial score (nSPS) is 11.9. The molecule has 0 unspecified atom stereocenters. The number of fused-ring (bicyclic) bond motifs is 1. The van der Waals surface area contributed by atoms with Gasteiger partial charge < -0.3 is 20.0 Å². The summed E-state index contributed by atoms with van der Waals surface area (Å²) in [6, 6.07) is 9.97. The molecule has 1 aromatic carbocycles. The smallest absolute Gasteiger partial charge is 0.216 e. The van der Waals surface area contributed by atoms with Crippen molar-refractivity contribution in [1.82, 2.24) is 30.8 Å². The summed E-state index contributed by atoms with van der Waals surface area (Å²) >= 11 is 0. The molecule has 3 aromatic heterocycles. The van der Waals surface area contributed by atoms with Crippen LogP contribution in [0.15, 0.2) is 52.2 Å². The van der Waals surface area contributed by atoms with E-state index in [2.05, 4.69) is 67.1 Å². The average Bonchev–Trinajstić information content (AvgIpc) is 3.47. The van der Waals surface area contributed by atoms with Crippen LogP contribution >= 0.6 is 0 Å². The highest BCUT2D eigenvalue weighted by Crippen LogP contribution is 2.22. The van der Waals surface area contributed by atoms with Crippen molar-refractivity contribution in [3.8, 4) is 11.6 Å². The third kappa shape index (κ3) is 4.31. The molecule has 8 heteroatoms. The largest absolute Gasteiger partial charge is 0.461 e. The number of aryl methyl sites for hydroxylation is 1. The van der Waals surface area contributed by atoms with Crippen LogP contribution in [0.2, 0.25) is 0 Å². The van der Waals surface area contributed by atoms with Crippen LogP contribution in [0.1, 0.15) is 23.9 Å².